The summed E-state index contributed by atoms with van der Waals surface area (Å²) in [5.74, 6) is 1.54. The van der Waals surface area contributed by atoms with Crippen LogP contribution in [-0.4, -0.2) is 73.1 Å². The Morgan fingerprint density at radius 3 is 2.86 bits per heavy atom. The van der Waals surface area contributed by atoms with Gasteiger partial charge in [-0.1, -0.05) is 5.16 Å². The lowest BCUT2D eigenvalue weighted by Crippen LogP contribution is -2.43. The number of hydrogen-bond donors (Lipinski definition) is 0. The maximum Gasteiger partial charge on any atom is 0.259 e. The molecule has 1 aliphatic rings. The van der Waals surface area contributed by atoms with Crippen molar-refractivity contribution in [1.29, 1.82) is 0 Å². The zero-order valence-corrected chi connectivity index (χ0v) is 16.9. The second kappa shape index (κ2) is 10.2. The molecule has 0 saturated carbocycles. The second-order valence-electron chi connectivity index (χ2n) is 6.58. The maximum absolute atomic E-state index is 12.9. The van der Waals surface area contributed by atoms with E-state index in [1.54, 1.807) is 24.1 Å². The Hall–Kier alpha value is -2.72. The third kappa shape index (κ3) is 5.42. The third-order valence-corrected chi connectivity index (χ3v) is 4.59. The first-order valence-corrected chi connectivity index (χ1v) is 9.45. The molecule has 2 aromatic heterocycles. The number of nitrogens with zero attached hydrogens (tertiary/aromatic N) is 4. The maximum atomic E-state index is 12.9. The van der Waals surface area contributed by atoms with E-state index < -0.39 is 0 Å². The summed E-state index contributed by atoms with van der Waals surface area (Å²) < 4.78 is 26.3. The molecule has 0 aliphatic carbocycles. The predicted octanol–water partition coefficient (Wildman–Crippen LogP) is 1.49. The first-order valence-electron chi connectivity index (χ1n) is 9.45. The molecule has 29 heavy (non-hydrogen) atoms. The highest BCUT2D eigenvalue weighted by Gasteiger charge is 2.27. The molecule has 2 aromatic rings. The zero-order valence-electron chi connectivity index (χ0n) is 16.9. The Labute approximate surface area is 169 Å². The van der Waals surface area contributed by atoms with E-state index in [1.807, 2.05) is 0 Å². The Kier molecular flexibility index (Phi) is 7.36. The van der Waals surface area contributed by atoms with Gasteiger partial charge in [0.05, 0.1) is 26.9 Å². The SMILES string of the molecule is COCc1nc(CCOC2CCCN(C(=O)c3ccc(OC)nc3OC)C2)no1. The molecule has 10 heteroatoms. The Morgan fingerprint density at radius 2 is 2.10 bits per heavy atom. The van der Waals surface area contributed by atoms with E-state index >= 15 is 0 Å². The van der Waals surface area contributed by atoms with E-state index in [9.17, 15) is 4.79 Å². The molecular formula is C19H26N4O6. The summed E-state index contributed by atoms with van der Waals surface area (Å²) in [5.41, 5.74) is 0.409. The highest BCUT2D eigenvalue weighted by Crippen LogP contribution is 2.23. The molecule has 0 radical (unpaired) electrons. The summed E-state index contributed by atoms with van der Waals surface area (Å²) in [4.78, 5) is 23.1. The minimum atomic E-state index is -0.132. The van der Waals surface area contributed by atoms with Crippen molar-refractivity contribution in [2.75, 3.05) is 41.0 Å². The number of piperidine rings is 1. The van der Waals surface area contributed by atoms with Gasteiger partial charge in [-0.3, -0.25) is 4.79 Å². The van der Waals surface area contributed by atoms with Crippen molar-refractivity contribution in [2.45, 2.75) is 32.0 Å². The lowest BCUT2D eigenvalue weighted by Gasteiger charge is -2.32. The van der Waals surface area contributed by atoms with Crippen LogP contribution in [0.5, 0.6) is 11.8 Å². The average molecular weight is 406 g/mol. The van der Waals surface area contributed by atoms with Crippen molar-refractivity contribution in [3.05, 3.63) is 29.4 Å². The number of aromatic nitrogens is 3. The van der Waals surface area contributed by atoms with Gasteiger partial charge in [0.25, 0.3) is 11.8 Å². The molecule has 0 N–H and O–H groups in total. The normalized spacial score (nSPS) is 16.7. The number of rotatable bonds is 9. The lowest BCUT2D eigenvalue weighted by atomic mass is 10.1. The van der Waals surface area contributed by atoms with E-state index in [1.165, 1.54) is 14.2 Å². The number of ether oxygens (including phenoxy) is 4. The van der Waals surface area contributed by atoms with Crippen LogP contribution in [0.25, 0.3) is 0 Å². The molecule has 3 rings (SSSR count). The third-order valence-electron chi connectivity index (χ3n) is 4.59. The number of amides is 1. The van der Waals surface area contributed by atoms with Gasteiger partial charge >= 0.3 is 0 Å². The van der Waals surface area contributed by atoms with Gasteiger partial charge in [-0.25, -0.2) is 0 Å². The molecule has 1 saturated heterocycles. The molecule has 0 spiro atoms. The first kappa shape index (κ1) is 21.0. The van der Waals surface area contributed by atoms with E-state index in [2.05, 4.69) is 15.1 Å². The minimum Gasteiger partial charge on any atom is -0.481 e. The molecular weight excluding hydrogens is 380 g/mol. The van der Waals surface area contributed by atoms with Crippen molar-refractivity contribution in [2.24, 2.45) is 0 Å². The zero-order chi connectivity index (χ0) is 20.6. The summed E-state index contributed by atoms with van der Waals surface area (Å²) in [6.45, 7) is 1.91. The van der Waals surface area contributed by atoms with Crippen LogP contribution < -0.4 is 9.47 Å². The lowest BCUT2D eigenvalue weighted by molar-refractivity contribution is 0.00239. The van der Waals surface area contributed by atoms with Gasteiger partial charge in [-0.05, 0) is 18.9 Å². The number of pyridine rings is 1. The Balaban J connectivity index is 1.54. The van der Waals surface area contributed by atoms with Gasteiger partial charge in [0.1, 0.15) is 12.2 Å². The van der Waals surface area contributed by atoms with E-state index in [-0.39, 0.29) is 24.5 Å². The van der Waals surface area contributed by atoms with Gasteiger partial charge in [-0.15, -0.1) is 0 Å². The topological polar surface area (TPSA) is 109 Å². The van der Waals surface area contributed by atoms with E-state index in [4.69, 9.17) is 23.5 Å². The summed E-state index contributed by atoms with van der Waals surface area (Å²) in [6.07, 6.45) is 2.24. The van der Waals surface area contributed by atoms with Gasteiger partial charge < -0.3 is 28.4 Å². The predicted molar refractivity (Wildman–Crippen MR) is 101 cm³/mol. The number of carbonyl (C=O) groups excluding carboxylic acids is 1. The van der Waals surface area contributed by atoms with Crippen LogP contribution in [0.15, 0.2) is 16.7 Å². The molecule has 0 bridgehead atoms. The molecule has 10 nitrogen and oxygen atoms in total. The fraction of sp³-hybridized carbons (Fsp3) is 0.579. The first-order chi connectivity index (χ1) is 14.1. The summed E-state index contributed by atoms with van der Waals surface area (Å²) in [6, 6.07) is 3.32. The highest BCUT2D eigenvalue weighted by atomic mass is 16.5. The van der Waals surface area contributed by atoms with Crippen molar-refractivity contribution < 1.29 is 28.3 Å². The van der Waals surface area contributed by atoms with Gasteiger partial charge in [0.2, 0.25) is 11.8 Å². The molecule has 1 aliphatic heterocycles. The molecule has 1 amide bonds. The molecule has 3 heterocycles. The Morgan fingerprint density at radius 1 is 1.24 bits per heavy atom. The monoisotopic (exact) mass is 406 g/mol. The fourth-order valence-electron chi connectivity index (χ4n) is 3.18. The van der Waals surface area contributed by atoms with Crippen molar-refractivity contribution in [3.8, 4) is 11.8 Å². The smallest absolute Gasteiger partial charge is 0.259 e. The molecule has 158 valence electrons. The van der Waals surface area contributed by atoms with Crippen molar-refractivity contribution >= 4 is 5.91 Å². The van der Waals surface area contributed by atoms with Crippen molar-refractivity contribution in [1.82, 2.24) is 20.0 Å². The summed E-state index contributed by atoms with van der Waals surface area (Å²) in [5, 5.41) is 3.89. The van der Waals surface area contributed by atoms with E-state index in [0.29, 0.717) is 49.3 Å². The average Bonchev–Trinajstić information content (AvgIpc) is 3.20. The fourth-order valence-corrected chi connectivity index (χ4v) is 3.18. The van der Waals surface area contributed by atoms with Crippen molar-refractivity contribution in [3.63, 3.8) is 0 Å². The van der Waals surface area contributed by atoms with Gasteiger partial charge in [0, 0.05) is 32.7 Å². The number of likely N-dealkylation sites (tertiary alicyclic amines) is 1. The van der Waals surface area contributed by atoms with Crippen LogP contribution in [0.2, 0.25) is 0 Å². The van der Waals surface area contributed by atoms with E-state index in [0.717, 1.165) is 12.8 Å². The van der Waals surface area contributed by atoms with Gasteiger partial charge in [0.15, 0.2) is 5.82 Å². The van der Waals surface area contributed by atoms with Crippen LogP contribution >= 0.6 is 0 Å². The summed E-state index contributed by atoms with van der Waals surface area (Å²) in [7, 11) is 4.57. The number of methoxy groups -OCH3 is 3. The molecule has 1 fully saturated rings. The van der Waals surface area contributed by atoms with Crippen LogP contribution in [0.3, 0.4) is 0 Å². The van der Waals surface area contributed by atoms with Crippen LogP contribution in [0.4, 0.5) is 0 Å². The number of carbonyl (C=O) groups is 1. The molecule has 0 aromatic carbocycles. The molecule has 1 unspecified atom stereocenters. The van der Waals surface area contributed by atoms with Crippen LogP contribution in [0, 0.1) is 0 Å². The van der Waals surface area contributed by atoms with Crippen LogP contribution in [-0.2, 0) is 22.5 Å². The minimum absolute atomic E-state index is 0.0461. The summed E-state index contributed by atoms with van der Waals surface area (Å²) >= 11 is 0. The standard InChI is InChI=1S/C19H26N4O6/c1-25-12-17-20-15(22-29-17)8-10-28-13-5-4-9-23(11-13)19(24)14-6-7-16(26-2)21-18(14)27-3/h6-7,13H,4-5,8-12H2,1-3H3. The quantitative estimate of drug-likeness (QED) is 0.612. The van der Waals surface area contributed by atoms with Gasteiger partial charge in [-0.2, -0.15) is 9.97 Å². The Bertz CT molecular complexity index is 812. The largest absolute Gasteiger partial charge is 0.481 e. The highest BCUT2D eigenvalue weighted by molar-refractivity contribution is 5.96. The second-order valence-corrected chi connectivity index (χ2v) is 6.58. The molecule has 1 atom stereocenters. The van der Waals surface area contributed by atoms with Crippen LogP contribution in [0.1, 0.15) is 34.9 Å². The number of hydrogen-bond acceptors (Lipinski definition) is 9.